The third-order valence-electron chi connectivity index (χ3n) is 6.84. The Kier molecular flexibility index (Phi) is 5.67. The van der Waals surface area contributed by atoms with Crippen LogP contribution in [0.2, 0.25) is 0 Å². The van der Waals surface area contributed by atoms with Gasteiger partial charge in [-0.3, -0.25) is 0 Å². The van der Waals surface area contributed by atoms with Crippen molar-refractivity contribution in [2.75, 3.05) is 0 Å². The van der Waals surface area contributed by atoms with Gasteiger partial charge in [0, 0.05) is 0 Å². The molecule has 1 saturated carbocycles. The first-order valence-electron chi connectivity index (χ1n) is 10.1. The summed E-state index contributed by atoms with van der Waals surface area (Å²) in [5, 5.41) is 10.7. The number of benzene rings is 1. The van der Waals surface area contributed by atoms with Gasteiger partial charge in [0.1, 0.15) is 5.75 Å². The second-order valence-electron chi connectivity index (χ2n) is 11.0. The summed E-state index contributed by atoms with van der Waals surface area (Å²) in [6.45, 7) is 21.6. The zero-order valence-electron chi connectivity index (χ0n) is 17.9. The van der Waals surface area contributed by atoms with Gasteiger partial charge in [0.2, 0.25) is 0 Å². The van der Waals surface area contributed by atoms with Crippen molar-refractivity contribution < 1.29 is 5.11 Å². The van der Waals surface area contributed by atoms with Crippen molar-refractivity contribution in [3.05, 3.63) is 29.8 Å². The van der Waals surface area contributed by atoms with Crippen LogP contribution in [-0.4, -0.2) is 5.11 Å². The first-order valence-corrected chi connectivity index (χ1v) is 10.1. The number of aromatic hydroxyl groups is 1. The van der Waals surface area contributed by atoms with E-state index in [2.05, 4.69) is 74.4 Å². The molecule has 0 spiro atoms. The lowest BCUT2D eigenvalue weighted by atomic mass is 9.49. The van der Waals surface area contributed by atoms with Crippen LogP contribution in [0.15, 0.2) is 24.3 Å². The smallest absolute Gasteiger partial charge is 0.119 e. The van der Waals surface area contributed by atoms with E-state index < -0.39 is 0 Å². The van der Waals surface area contributed by atoms with Crippen molar-refractivity contribution in [2.45, 2.75) is 74.7 Å². The molecule has 142 valence electrons. The lowest BCUT2D eigenvalue weighted by Crippen LogP contribution is -2.48. The molecule has 1 aromatic rings. The summed E-state index contributed by atoms with van der Waals surface area (Å²) >= 11 is 0. The van der Waals surface area contributed by atoms with Crippen LogP contribution < -0.4 is 0 Å². The fraction of sp³-hybridized carbons (Fsp3) is 0.750. The molecule has 2 rings (SSSR count). The van der Waals surface area contributed by atoms with Crippen LogP contribution in [0, 0.1) is 40.4 Å². The van der Waals surface area contributed by atoms with Crippen molar-refractivity contribution in [1.29, 1.82) is 0 Å². The van der Waals surface area contributed by atoms with E-state index in [0.717, 1.165) is 0 Å². The molecule has 1 heteroatoms. The highest BCUT2D eigenvalue weighted by Crippen LogP contribution is 2.59. The summed E-state index contributed by atoms with van der Waals surface area (Å²) in [5.74, 6) is 4.05. The largest absolute Gasteiger partial charge is 0.508 e. The summed E-state index contributed by atoms with van der Waals surface area (Å²) in [6, 6.07) is 8.07. The molecule has 0 radical (unpaired) electrons. The van der Waals surface area contributed by atoms with Gasteiger partial charge in [-0.05, 0) is 64.4 Å². The van der Waals surface area contributed by atoms with Gasteiger partial charge in [-0.15, -0.1) is 0 Å². The molecule has 0 aliphatic heterocycles. The third kappa shape index (κ3) is 4.07. The molecular formula is C24H40O. The Hall–Kier alpha value is -0.980. The van der Waals surface area contributed by atoms with E-state index in [1.54, 1.807) is 0 Å². The van der Waals surface area contributed by atoms with Crippen molar-refractivity contribution in [3.8, 4) is 5.75 Å². The Morgan fingerprint density at radius 3 is 1.96 bits per heavy atom. The molecule has 5 unspecified atom stereocenters. The minimum Gasteiger partial charge on any atom is -0.508 e. The predicted molar refractivity (Wildman–Crippen MR) is 109 cm³/mol. The minimum absolute atomic E-state index is 0.212. The average Bonchev–Trinajstić information content (AvgIpc) is 2.44. The number of phenolic OH excluding ortho intramolecular Hbond substituents is 1. The Labute approximate surface area is 156 Å². The van der Waals surface area contributed by atoms with Gasteiger partial charge >= 0.3 is 0 Å². The number of para-hydroxylation sites is 1. The predicted octanol–water partition coefficient (Wildman–Crippen LogP) is 7.11. The fourth-order valence-electron chi connectivity index (χ4n) is 5.85. The van der Waals surface area contributed by atoms with E-state index in [4.69, 9.17) is 0 Å². The van der Waals surface area contributed by atoms with E-state index in [9.17, 15) is 5.11 Å². The monoisotopic (exact) mass is 344 g/mol. The zero-order chi connectivity index (χ0) is 19.2. The topological polar surface area (TPSA) is 20.2 Å². The highest BCUT2D eigenvalue weighted by molar-refractivity contribution is 5.37. The van der Waals surface area contributed by atoms with E-state index >= 15 is 0 Å². The fourth-order valence-corrected chi connectivity index (χ4v) is 5.85. The second-order valence-corrected chi connectivity index (χ2v) is 11.0. The molecule has 0 amide bonds. The first-order chi connectivity index (χ1) is 11.4. The quantitative estimate of drug-likeness (QED) is 0.606. The van der Waals surface area contributed by atoms with E-state index in [-0.39, 0.29) is 5.41 Å². The molecule has 1 fully saturated rings. The van der Waals surface area contributed by atoms with Crippen LogP contribution in [0.4, 0.5) is 0 Å². The van der Waals surface area contributed by atoms with Crippen LogP contribution in [0.3, 0.4) is 0 Å². The van der Waals surface area contributed by atoms with Crippen LogP contribution in [-0.2, 0) is 0 Å². The molecule has 0 aromatic heterocycles. The summed E-state index contributed by atoms with van der Waals surface area (Å²) in [6.07, 6.45) is 1.26. The van der Waals surface area contributed by atoms with Crippen LogP contribution in [0.1, 0.15) is 80.2 Å². The molecule has 0 heterocycles. The molecule has 1 aromatic carbocycles. The van der Waals surface area contributed by atoms with E-state index in [1.807, 2.05) is 12.1 Å². The molecule has 1 N–H and O–H groups in total. The van der Waals surface area contributed by atoms with Gasteiger partial charge < -0.3 is 5.11 Å². The number of hydrogen-bond acceptors (Lipinski definition) is 1. The lowest BCUT2D eigenvalue weighted by molar-refractivity contribution is -0.0394. The van der Waals surface area contributed by atoms with Crippen LogP contribution in [0.5, 0.6) is 5.75 Å². The number of hydrogen-bond donors (Lipinski definition) is 1. The molecule has 5 atom stereocenters. The van der Waals surface area contributed by atoms with Crippen molar-refractivity contribution in [3.63, 3.8) is 0 Å². The van der Waals surface area contributed by atoms with Gasteiger partial charge in [-0.25, -0.2) is 0 Å². The van der Waals surface area contributed by atoms with Crippen LogP contribution in [0.25, 0.3) is 0 Å². The summed E-state index contributed by atoms with van der Waals surface area (Å²) in [4.78, 5) is 0. The molecule has 1 aliphatic carbocycles. The Morgan fingerprint density at radius 1 is 0.960 bits per heavy atom. The Balaban J connectivity index is 2.62. The molecule has 1 nitrogen and oxygen atoms in total. The summed E-state index contributed by atoms with van der Waals surface area (Å²) in [5.41, 5.74) is 1.70. The molecule has 1 aliphatic rings. The van der Waals surface area contributed by atoms with E-state index in [1.165, 1.54) is 12.0 Å². The maximum atomic E-state index is 10.7. The standard InChI is InChI=1S/C24H40O/c1-15(2)18-14-19(23(4,5)6)16(3)22(24(7,8)9)21(18)17-12-10-11-13-20(17)25/h10-13,15-16,18-19,21-22,25H,14H2,1-9H3. The van der Waals surface area contributed by atoms with Crippen molar-refractivity contribution in [1.82, 2.24) is 0 Å². The van der Waals surface area contributed by atoms with Gasteiger partial charge in [-0.1, -0.05) is 80.5 Å². The second kappa shape index (κ2) is 6.97. The van der Waals surface area contributed by atoms with E-state index in [0.29, 0.717) is 46.7 Å². The van der Waals surface area contributed by atoms with Gasteiger partial charge in [0.05, 0.1) is 0 Å². The third-order valence-corrected chi connectivity index (χ3v) is 6.84. The molecule has 0 saturated heterocycles. The summed E-state index contributed by atoms with van der Waals surface area (Å²) < 4.78 is 0. The summed E-state index contributed by atoms with van der Waals surface area (Å²) in [7, 11) is 0. The van der Waals surface area contributed by atoms with Gasteiger partial charge in [-0.2, -0.15) is 0 Å². The SMILES string of the molecule is CC(C)C1CC(C(C)(C)C)C(C)C(C(C)(C)C)C1c1ccccc1O. The maximum Gasteiger partial charge on any atom is 0.119 e. The Morgan fingerprint density at radius 2 is 1.52 bits per heavy atom. The van der Waals surface area contributed by atoms with Gasteiger partial charge in [0.15, 0.2) is 0 Å². The average molecular weight is 345 g/mol. The highest BCUT2D eigenvalue weighted by atomic mass is 16.3. The van der Waals surface area contributed by atoms with Crippen molar-refractivity contribution >= 4 is 0 Å². The van der Waals surface area contributed by atoms with Crippen molar-refractivity contribution in [2.24, 2.45) is 40.4 Å². The molecule has 25 heavy (non-hydrogen) atoms. The highest BCUT2D eigenvalue weighted by Gasteiger charge is 2.51. The zero-order valence-corrected chi connectivity index (χ0v) is 17.9. The first kappa shape index (κ1) is 20.3. The lowest BCUT2D eigenvalue weighted by Gasteiger charge is -2.56. The van der Waals surface area contributed by atoms with Gasteiger partial charge in [0.25, 0.3) is 0 Å². The normalized spacial score (nSPS) is 31.4. The minimum atomic E-state index is 0.212. The maximum absolute atomic E-state index is 10.7. The number of phenols is 1. The van der Waals surface area contributed by atoms with Crippen LogP contribution >= 0.6 is 0 Å². The molecule has 0 bridgehead atoms. The number of rotatable bonds is 2. The molecular weight excluding hydrogens is 304 g/mol. The Bertz CT molecular complexity index is 572.